The van der Waals surface area contributed by atoms with Gasteiger partial charge in [-0.3, -0.25) is 0 Å². The lowest BCUT2D eigenvalue weighted by Crippen LogP contribution is -2.42. The first kappa shape index (κ1) is 14.0. The van der Waals surface area contributed by atoms with E-state index in [-0.39, 0.29) is 0 Å². The normalized spacial score (nSPS) is 23.4. The summed E-state index contributed by atoms with van der Waals surface area (Å²) in [5.41, 5.74) is 0.452. The molecular formula is C14H30N2. The number of nitrogens with one attached hydrogen (secondary N) is 1. The van der Waals surface area contributed by atoms with Crippen LogP contribution in [0.5, 0.6) is 0 Å². The third-order valence-electron chi connectivity index (χ3n) is 4.01. The van der Waals surface area contributed by atoms with Gasteiger partial charge in [-0.25, -0.2) is 0 Å². The van der Waals surface area contributed by atoms with Gasteiger partial charge in [0.15, 0.2) is 0 Å². The summed E-state index contributed by atoms with van der Waals surface area (Å²) in [6.45, 7) is 9.78. The highest BCUT2D eigenvalue weighted by Crippen LogP contribution is 2.23. The Morgan fingerprint density at radius 3 is 2.12 bits per heavy atom. The van der Waals surface area contributed by atoms with Crippen molar-refractivity contribution in [3.63, 3.8) is 0 Å². The highest BCUT2D eigenvalue weighted by molar-refractivity contribution is 4.79. The molecule has 2 nitrogen and oxygen atoms in total. The smallest absolute Gasteiger partial charge is 0.00474 e. The SMILES string of the molecule is CCC(C)(CNC)CN1CCCCCCC1. The third-order valence-corrected chi connectivity index (χ3v) is 4.01. The van der Waals surface area contributed by atoms with E-state index in [1.807, 2.05) is 0 Å². The van der Waals surface area contributed by atoms with E-state index < -0.39 is 0 Å². The molecule has 16 heavy (non-hydrogen) atoms. The Kier molecular flexibility index (Phi) is 6.37. The van der Waals surface area contributed by atoms with E-state index in [1.165, 1.54) is 58.2 Å². The molecule has 0 radical (unpaired) electrons. The molecule has 0 bridgehead atoms. The molecular weight excluding hydrogens is 196 g/mol. The molecule has 0 saturated carbocycles. The zero-order chi connectivity index (χ0) is 11.9. The Hall–Kier alpha value is -0.0800. The first-order chi connectivity index (χ1) is 7.70. The average Bonchev–Trinajstić information content (AvgIpc) is 2.22. The van der Waals surface area contributed by atoms with E-state index in [2.05, 4.69) is 31.1 Å². The maximum absolute atomic E-state index is 3.35. The molecule has 1 rings (SSSR count). The minimum atomic E-state index is 0.452. The molecule has 0 spiro atoms. The molecule has 0 aromatic rings. The van der Waals surface area contributed by atoms with Crippen LogP contribution in [-0.4, -0.2) is 38.1 Å². The van der Waals surface area contributed by atoms with E-state index in [1.54, 1.807) is 0 Å². The molecule has 96 valence electrons. The van der Waals surface area contributed by atoms with Gasteiger partial charge in [0.25, 0.3) is 0 Å². The summed E-state index contributed by atoms with van der Waals surface area (Å²) < 4.78 is 0. The number of rotatable bonds is 5. The molecule has 1 aliphatic rings. The van der Waals surface area contributed by atoms with Crippen molar-refractivity contribution >= 4 is 0 Å². The first-order valence-corrected chi connectivity index (χ1v) is 7.07. The predicted octanol–water partition coefficient (Wildman–Crippen LogP) is 2.89. The predicted molar refractivity (Wildman–Crippen MR) is 71.8 cm³/mol. The second kappa shape index (κ2) is 7.29. The van der Waals surface area contributed by atoms with Crippen LogP contribution in [0.25, 0.3) is 0 Å². The molecule has 1 unspecified atom stereocenters. The lowest BCUT2D eigenvalue weighted by Gasteiger charge is -2.35. The molecule has 1 saturated heterocycles. The van der Waals surface area contributed by atoms with Crippen LogP contribution in [0.2, 0.25) is 0 Å². The van der Waals surface area contributed by atoms with Crippen molar-refractivity contribution in [2.45, 2.75) is 52.4 Å². The van der Waals surface area contributed by atoms with Crippen molar-refractivity contribution in [1.82, 2.24) is 10.2 Å². The lowest BCUT2D eigenvalue weighted by molar-refractivity contribution is 0.147. The van der Waals surface area contributed by atoms with Crippen LogP contribution in [0.15, 0.2) is 0 Å². The number of nitrogens with zero attached hydrogens (tertiary/aromatic N) is 1. The Morgan fingerprint density at radius 1 is 1.06 bits per heavy atom. The topological polar surface area (TPSA) is 15.3 Å². The van der Waals surface area contributed by atoms with Crippen molar-refractivity contribution in [2.75, 3.05) is 33.2 Å². The number of hydrogen-bond acceptors (Lipinski definition) is 2. The Morgan fingerprint density at radius 2 is 1.62 bits per heavy atom. The van der Waals surface area contributed by atoms with Crippen LogP contribution < -0.4 is 5.32 Å². The van der Waals surface area contributed by atoms with Gasteiger partial charge in [-0.2, -0.15) is 0 Å². The minimum absolute atomic E-state index is 0.452. The van der Waals surface area contributed by atoms with Crippen molar-refractivity contribution in [3.8, 4) is 0 Å². The monoisotopic (exact) mass is 226 g/mol. The van der Waals surface area contributed by atoms with Gasteiger partial charge >= 0.3 is 0 Å². The van der Waals surface area contributed by atoms with Gasteiger partial charge in [0.1, 0.15) is 0 Å². The van der Waals surface area contributed by atoms with Crippen molar-refractivity contribution in [2.24, 2.45) is 5.41 Å². The lowest BCUT2D eigenvalue weighted by atomic mass is 9.86. The zero-order valence-corrected chi connectivity index (χ0v) is 11.5. The maximum atomic E-state index is 3.35. The van der Waals surface area contributed by atoms with Crippen LogP contribution in [-0.2, 0) is 0 Å². The van der Waals surface area contributed by atoms with Gasteiger partial charge in [0, 0.05) is 13.1 Å². The molecule has 0 amide bonds. The van der Waals surface area contributed by atoms with E-state index in [0.717, 1.165) is 6.54 Å². The Bertz CT molecular complexity index is 174. The standard InChI is InChI=1S/C14H30N2/c1-4-14(2,12-15-3)13-16-10-8-6-5-7-9-11-16/h15H,4-13H2,1-3H3. The molecule has 1 atom stereocenters. The molecule has 1 N–H and O–H groups in total. The molecule has 1 aliphatic heterocycles. The Balaban J connectivity index is 2.41. The summed E-state index contributed by atoms with van der Waals surface area (Å²) in [5, 5.41) is 3.35. The number of hydrogen-bond donors (Lipinski definition) is 1. The molecule has 0 aromatic carbocycles. The maximum Gasteiger partial charge on any atom is 0.00474 e. The molecule has 1 heterocycles. The highest BCUT2D eigenvalue weighted by atomic mass is 15.1. The molecule has 0 aromatic heterocycles. The fourth-order valence-electron chi connectivity index (χ4n) is 2.73. The van der Waals surface area contributed by atoms with Crippen LogP contribution in [0.4, 0.5) is 0 Å². The van der Waals surface area contributed by atoms with Crippen molar-refractivity contribution in [3.05, 3.63) is 0 Å². The summed E-state index contributed by atoms with van der Waals surface area (Å²) in [5.74, 6) is 0. The van der Waals surface area contributed by atoms with E-state index in [4.69, 9.17) is 0 Å². The summed E-state index contributed by atoms with van der Waals surface area (Å²) in [6.07, 6.45) is 8.40. The molecule has 2 heteroatoms. The van der Waals surface area contributed by atoms with Crippen LogP contribution in [0.1, 0.15) is 52.4 Å². The van der Waals surface area contributed by atoms with Crippen molar-refractivity contribution < 1.29 is 0 Å². The minimum Gasteiger partial charge on any atom is -0.319 e. The van der Waals surface area contributed by atoms with Gasteiger partial charge in [-0.05, 0) is 44.8 Å². The second-order valence-electron chi connectivity index (χ2n) is 5.74. The van der Waals surface area contributed by atoms with E-state index in [0.29, 0.717) is 5.41 Å². The number of likely N-dealkylation sites (tertiary alicyclic amines) is 1. The highest BCUT2D eigenvalue weighted by Gasteiger charge is 2.24. The zero-order valence-electron chi connectivity index (χ0n) is 11.5. The van der Waals surface area contributed by atoms with Gasteiger partial charge < -0.3 is 10.2 Å². The largest absolute Gasteiger partial charge is 0.319 e. The molecule has 0 aliphatic carbocycles. The van der Waals surface area contributed by atoms with Gasteiger partial charge in [0.2, 0.25) is 0 Å². The summed E-state index contributed by atoms with van der Waals surface area (Å²) >= 11 is 0. The molecule has 1 fully saturated rings. The van der Waals surface area contributed by atoms with E-state index >= 15 is 0 Å². The fourth-order valence-corrected chi connectivity index (χ4v) is 2.73. The van der Waals surface area contributed by atoms with E-state index in [9.17, 15) is 0 Å². The fraction of sp³-hybridized carbons (Fsp3) is 1.00. The third kappa shape index (κ3) is 4.84. The van der Waals surface area contributed by atoms with Gasteiger partial charge in [-0.15, -0.1) is 0 Å². The summed E-state index contributed by atoms with van der Waals surface area (Å²) in [6, 6.07) is 0. The van der Waals surface area contributed by atoms with Crippen LogP contribution in [0, 0.1) is 5.41 Å². The second-order valence-corrected chi connectivity index (χ2v) is 5.74. The Labute approximate surface area is 102 Å². The summed E-state index contributed by atoms with van der Waals surface area (Å²) in [7, 11) is 2.07. The van der Waals surface area contributed by atoms with Crippen LogP contribution in [0.3, 0.4) is 0 Å². The summed E-state index contributed by atoms with van der Waals surface area (Å²) in [4.78, 5) is 2.69. The van der Waals surface area contributed by atoms with Crippen LogP contribution >= 0.6 is 0 Å². The van der Waals surface area contributed by atoms with Gasteiger partial charge in [0.05, 0.1) is 0 Å². The van der Waals surface area contributed by atoms with Crippen molar-refractivity contribution in [1.29, 1.82) is 0 Å². The van der Waals surface area contributed by atoms with Gasteiger partial charge in [-0.1, -0.05) is 33.1 Å². The quantitative estimate of drug-likeness (QED) is 0.775. The first-order valence-electron chi connectivity index (χ1n) is 7.07. The average molecular weight is 226 g/mol.